The van der Waals surface area contributed by atoms with Gasteiger partial charge in [0.15, 0.2) is 29.0 Å². The molecule has 0 spiro atoms. The van der Waals surface area contributed by atoms with Crippen LogP contribution in [0.5, 0.6) is 5.75 Å². The van der Waals surface area contributed by atoms with Crippen LogP contribution in [-0.2, 0) is 4.74 Å². The molecule has 0 radical (unpaired) electrons. The highest BCUT2D eigenvalue weighted by Crippen LogP contribution is 2.30. The van der Waals surface area contributed by atoms with Crippen molar-refractivity contribution < 1.29 is 27.0 Å². The Bertz CT molecular complexity index is 812. The van der Waals surface area contributed by atoms with Crippen molar-refractivity contribution in [3.63, 3.8) is 0 Å². The van der Waals surface area contributed by atoms with Crippen molar-refractivity contribution in [2.45, 2.75) is 40.5 Å². The first-order valence-corrected chi connectivity index (χ1v) is 9.99. The van der Waals surface area contributed by atoms with Gasteiger partial charge in [-0.05, 0) is 56.2 Å². The smallest absolute Gasteiger partial charge is 0.201 e. The third-order valence-electron chi connectivity index (χ3n) is 4.67. The van der Waals surface area contributed by atoms with E-state index in [1.807, 2.05) is 6.92 Å². The fraction of sp³-hybridized carbons (Fsp3) is 0.417. The van der Waals surface area contributed by atoms with Crippen molar-refractivity contribution in [2.75, 3.05) is 13.2 Å². The van der Waals surface area contributed by atoms with Crippen molar-refractivity contribution in [1.82, 2.24) is 0 Å². The standard InChI is InChI=1S/C24H30F4O2/c1-7-29-18(6)22(26)21(25)17(5)16(4)11-9-15(3)10-12-19-13-14-20(30-8-2)24(28)23(19)27/h10,12-16H,5-9,11H2,1-4H3/b12-10+,22-21-. The predicted molar refractivity (Wildman–Crippen MR) is 113 cm³/mol. The molecule has 30 heavy (non-hydrogen) atoms. The lowest BCUT2D eigenvalue weighted by Crippen LogP contribution is -2.04. The molecule has 0 N–H and O–H groups in total. The SMILES string of the molecule is C=C(OCC)/C(F)=C(/F)C(=C)C(C)CCC(C)/C=C/c1ccc(OCC)c(F)c1F. The summed E-state index contributed by atoms with van der Waals surface area (Å²) in [5.41, 5.74) is 0.148. The van der Waals surface area contributed by atoms with Gasteiger partial charge < -0.3 is 9.47 Å². The minimum absolute atomic E-state index is 0.00422. The third kappa shape index (κ3) is 7.08. The second kappa shape index (κ2) is 12.3. The summed E-state index contributed by atoms with van der Waals surface area (Å²) in [6.07, 6.45) is 4.41. The second-order valence-electron chi connectivity index (χ2n) is 7.04. The number of hydrogen-bond acceptors (Lipinski definition) is 2. The summed E-state index contributed by atoms with van der Waals surface area (Å²) in [5, 5.41) is 0. The van der Waals surface area contributed by atoms with E-state index < -0.39 is 23.3 Å². The average Bonchev–Trinajstić information content (AvgIpc) is 2.73. The van der Waals surface area contributed by atoms with Crippen LogP contribution in [0.2, 0.25) is 0 Å². The molecular formula is C24H30F4O2. The van der Waals surface area contributed by atoms with Gasteiger partial charge in [-0.2, -0.15) is 8.78 Å². The molecule has 0 aliphatic carbocycles. The van der Waals surface area contributed by atoms with E-state index in [1.165, 1.54) is 18.2 Å². The summed E-state index contributed by atoms with van der Waals surface area (Å²) in [6.45, 7) is 14.4. The van der Waals surface area contributed by atoms with Gasteiger partial charge in [-0.25, -0.2) is 8.78 Å². The molecule has 0 aliphatic rings. The first-order valence-electron chi connectivity index (χ1n) is 9.99. The molecule has 6 heteroatoms. The zero-order valence-electron chi connectivity index (χ0n) is 18.0. The van der Waals surface area contributed by atoms with Crippen LogP contribution in [0.3, 0.4) is 0 Å². The Hall–Kier alpha value is -2.50. The normalized spacial score (nSPS) is 14.3. The molecule has 0 aromatic heterocycles. The summed E-state index contributed by atoms with van der Waals surface area (Å²) in [4.78, 5) is 0. The highest BCUT2D eigenvalue weighted by molar-refractivity contribution is 5.52. The fourth-order valence-corrected chi connectivity index (χ4v) is 2.71. The van der Waals surface area contributed by atoms with E-state index in [1.54, 1.807) is 26.8 Å². The van der Waals surface area contributed by atoms with Gasteiger partial charge in [-0.15, -0.1) is 0 Å². The summed E-state index contributed by atoms with van der Waals surface area (Å²) >= 11 is 0. The Morgan fingerprint density at radius 2 is 1.67 bits per heavy atom. The lowest BCUT2D eigenvalue weighted by atomic mass is 9.91. The van der Waals surface area contributed by atoms with Crippen LogP contribution < -0.4 is 4.74 Å². The molecule has 0 saturated heterocycles. The topological polar surface area (TPSA) is 18.5 Å². The van der Waals surface area contributed by atoms with Crippen molar-refractivity contribution >= 4 is 6.08 Å². The van der Waals surface area contributed by atoms with E-state index in [-0.39, 0.29) is 47.7 Å². The van der Waals surface area contributed by atoms with E-state index >= 15 is 0 Å². The van der Waals surface area contributed by atoms with Crippen LogP contribution in [0, 0.1) is 23.5 Å². The van der Waals surface area contributed by atoms with Crippen LogP contribution in [-0.4, -0.2) is 13.2 Å². The van der Waals surface area contributed by atoms with E-state index in [2.05, 4.69) is 13.2 Å². The number of ether oxygens (including phenoxy) is 2. The van der Waals surface area contributed by atoms with Crippen molar-refractivity contribution in [2.24, 2.45) is 11.8 Å². The minimum Gasteiger partial charge on any atom is -0.491 e. The van der Waals surface area contributed by atoms with E-state index in [4.69, 9.17) is 9.47 Å². The summed E-state index contributed by atoms with van der Waals surface area (Å²) in [5.74, 6) is -4.99. The lowest BCUT2D eigenvalue weighted by molar-refractivity contribution is 0.223. The molecule has 2 atom stereocenters. The van der Waals surface area contributed by atoms with Crippen LogP contribution >= 0.6 is 0 Å². The summed E-state index contributed by atoms with van der Waals surface area (Å²) in [7, 11) is 0. The minimum atomic E-state index is -1.14. The molecule has 0 amide bonds. The van der Waals surface area contributed by atoms with Gasteiger partial charge in [-0.1, -0.05) is 39.2 Å². The molecule has 2 unspecified atom stereocenters. The lowest BCUT2D eigenvalue weighted by Gasteiger charge is -2.16. The average molecular weight is 426 g/mol. The molecular weight excluding hydrogens is 396 g/mol. The molecule has 0 heterocycles. The molecule has 166 valence electrons. The highest BCUT2D eigenvalue weighted by Gasteiger charge is 2.19. The molecule has 0 aliphatic heterocycles. The Labute approximate surface area is 176 Å². The van der Waals surface area contributed by atoms with Gasteiger partial charge in [0.2, 0.25) is 5.82 Å². The van der Waals surface area contributed by atoms with E-state index in [9.17, 15) is 17.6 Å². The van der Waals surface area contributed by atoms with Crippen LogP contribution in [0.25, 0.3) is 6.08 Å². The van der Waals surface area contributed by atoms with Gasteiger partial charge in [0, 0.05) is 5.56 Å². The summed E-state index contributed by atoms with van der Waals surface area (Å²) < 4.78 is 66.2. The number of allylic oxidation sites excluding steroid dienone is 4. The first-order chi connectivity index (χ1) is 14.1. The Morgan fingerprint density at radius 3 is 2.27 bits per heavy atom. The zero-order chi connectivity index (χ0) is 22.8. The van der Waals surface area contributed by atoms with E-state index in [0.29, 0.717) is 12.8 Å². The van der Waals surface area contributed by atoms with Crippen molar-refractivity contribution in [1.29, 1.82) is 0 Å². The van der Waals surface area contributed by atoms with Crippen molar-refractivity contribution in [3.05, 3.63) is 71.6 Å². The number of benzene rings is 1. The van der Waals surface area contributed by atoms with Crippen molar-refractivity contribution in [3.8, 4) is 5.75 Å². The van der Waals surface area contributed by atoms with Crippen LogP contribution in [0.1, 0.15) is 46.1 Å². The largest absolute Gasteiger partial charge is 0.491 e. The Morgan fingerprint density at radius 1 is 1.00 bits per heavy atom. The third-order valence-corrected chi connectivity index (χ3v) is 4.67. The number of rotatable bonds is 12. The number of hydrogen-bond donors (Lipinski definition) is 0. The monoisotopic (exact) mass is 426 g/mol. The highest BCUT2D eigenvalue weighted by atomic mass is 19.2. The fourth-order valence-electron chi connectivity index (χ4n) is 2.71. The van der Waals surface area contributed by atoms with Crippen LogP contribution in [0.4, 0.5) is 17.6 Å². The van der Waals surface area contributed by atoms with Gasteiger partial charge in [-0.3, -0.25) is 0 Å². The predicted octanol–water partition coefficient (Wildman–Crippen LogP) is 7.69. The Balaban J connectivity index is 2.71. The van der Waals surface area contributed by atoms with Gasteiger partial charge in [0.1, 0.15) is 0 Å². The molecule has 1 aromatic carbocycles. The number of halogens is 4. The maximum atomic E-state index is 14.2. The first kappa shape index (κ1) is 25.5. The Kier molecular flexibility index (Phi) is 10.4. The quantitative estimate of drug-likeness (QED) is 0.194. The van der Waals surface area contributed by atoms with Gasteiger partial charge >= 0.3 is 0 Å². The maximum absolute atomic E-state index is 14.2. The van der Waals surface area contributed by atoms with Crippen LogP contribution in [0.15, 0.2) is 54.4 Å². The zero-order valence-corrected chi connectivity index (χ0v) is 18.0. The molecule has 2 nitrogen and oxygen atoms in total. The van der Waals surface area contributed by atoms with Gasteiger partial charge in [0.25, 0.3) is 0 Å². The maximum Gasteiger partial charge on any atom is 0.201 e. The second-order valence-corrected chi connectivity index (χ2v) is 7.04. The van der Waals surface area contributed by atoms with E-state index in [0.717, 1.165) is 0 Å². The molecule has 0 saturated carbocycles. The molecule has 1 aromatic rings. The molecule has 1 rings (SSSR count). The molecule has 0 fully saturated rings. The summed E-state index contributed by atoms with van der Waals surface area (Å²) in [6, 6.07) is 2.84. The van der Waals surface area contributed by atoms with Gasteiger partial charge in [0.05, 0.1) is 13.2 Å². The molecule has 0 bridgehead atoms.